The number of hydrogen-bond acceptors (Lipinski definition) is 3. The number of nitrogens with zero attached hydrogens (tertiary/aromatic N) is 1. The van der Waals surface area contributed by atoms with Crippen LogP contribution in [-0.4, -0.2) is 38.2 Å². The summed E-state index contributed by atoms with van der Waals surface area (Å²) in [5.41, 5.74) is 0.831. The number of ether oxygens (including phenoxy) is 1. The van der Waals surface area contributed by atoms with Gasteiger partial charge >= 0.3 is 6.61 Å². The molecule has 0 aliphatic carbocycles. The summed E-state index contributed by atoms with van der Waals surface area (Å²) in [6.45, 7) is 0.359. The monoisotopic (exact) mass is 270 g/mol. The van der Waals surface area contributed by atoms with Crippen LogP contribution in [0.2, 0.25) is 0 Å². The Balaban J connectivity index is 1.82. The van der Waals surface area contributed by atoms with Crippen LogP contribution in [0.1, 0.15) is 12.8 Å². The average Bonchev–Trinajstić information content (AvgIpc) is 2.38. The number of benzene rings is 1. The molecule has 0 saturated carbocycles. The van der Waals surface area contributed by atoms with E-state index in [1.807, 2.05) is 6.07 Å². The first-order valence-electron chi connectivity index (χ1n) is 6.61. The van der Waals surface area contributed by atoms with Gasteiger partial charge in [-0.2, -0.15) is 8.78 Å². The summed E-state index contributed by atoms with van der Waals surface area (Å²) in [7, 11) is 2.13. The van der Waals surface area contributed by atoms with E-state index in [1.165, 1.54) is 18.9 Å². The fraction of sp³-hybridized carbons (Fsp3) is 0.571. The number of piperidine rings is 1. The summed E-state index contributed by atoms with van der Waals surface area (Å²) < 4.78 is 28.6. The highest BCUT2D eigenvalue weighted by molar-refractivity contribution is 5.48. The molecule has 2 rings (SSSR count). The van der Waals surface area contributed by atoms with Gasteiger partial charge in [0.25, 0.3) is 0 Å². The van der Waals surface area contributed by atoms with Crippen LogP contribution in [0.5, 0.6) is 5.75 Å². The van der Waals surface area contributed by atoms with Gasteiger partial charge in [-0.05, 0) is 51.0 Å². The number of nitrogens with one attached hydrogen (secondary N) is 1. The van der Waals surface area contributed by atoms with Crippen molar-refractivity contribution in [2.75, 3.05) is 32.0 Å². The van der Waals surface area contributed by atoms with Crippen LogP contribution in [0.4, 0.5) is 14.5 Å². The molecule has 0 radical (unpaired) electrons. The highest BCUT2D eigenvalue weighted by atomic mass is 19.3. The molecule has 1 aliphatic rings. The van der Waals surface area contributed by atoms with Crippen LogP contribution in [0.25, 0.3) is 0 Å². The van der Waals surface area contributed by atoms with Gasteiger partial charge in [-0.15, -0.1) is 0 Å². The average molecular weight is 270 g/mol. The molecule has 0 atom stereocenters. The zero-order valence-corrected chi connectivity index (χ0v) is 11.1. The number of alkyl halides is 2. The Hall–Kier alpha value is -1.36. The topological polar surface area (TPSA) is 24.5 Å². The van der Waals surface area contributed by atoms with E-state index in [4.69, 9.17) is 0 Å². The zero-order valence-electron chi connectivity index (χ0n) is 11.1. The first kappa shape index (κ1) is 14.1. The first-order valence-corrected chi connectivity index (χ1v) is 6.61. The molecule has 106 valence electrons. The summed E-state index contributed by atoms with van der Waals surface area (Å²) >= 11 is 0. The van der Waals surface area contributed by atoms with Crippen LogP contribution in [0.15, 0.2) is 24.3 Å². The maximum absolute atomic E-state index is 12.1. The third kappa shape index (κ3) is 4.67. The van der Waals surface area contributed by atoms with Gasteiger partial charge in [0.05, 0.1) is 0 Å². The number of hydrogen-bond donors (Lipinski definition) is 1. The van der Waals surface area contributed by atoms with Crippen molar-refractivity contribution < 1.29 is 13.5 Å². The molecule has 3 nitrogen and oxygen atoms in total. The van der Waals surface area contributed by atoms with Gasteiger partial charge in [0, 0.05) is 18.3 Å². The molecule has 0 spiro atoms. The molecule has 0 bridgehead atoms. The highest BCUT2D eigenvalue weighted by Crippen LogP contribution is 2.21. The van der Waals surface area contributed by atoms with E-state index < -0.39 is 6.61 Å². The zero-order chi connectivity index (χ0) is 13.7. The maximum Gasteiger partial charge on any atom is 0.387 e. The van der Waals surface area contributed by atoms with Crippen LogP contribution in [-0.2, 0) is 0 Å². The van der Waals surface area contributed by atoms with Gasteiger partial charge in [0.2, 0.25) is 0 Å². The summed E-state index contributed by atoms with van der Waals surface area (Å²) in [6.07, 6.45) is 2.35. The predicted octanol–water partition coefficient (Wildman–Crippen LogP) is 3.04. The van der Waals surface area contributed by atoms with Gasteiger partial charge < -0.3 is 15.0 Å². The van der Waals surface area contributed by atoms with Crippen LogP contribution < -0.4 is 10.1 Å². The van der Waals surface area contributed by atoms with E-state index in [0.29, 0.717) is 5.92 Å². The second-order valence-corrected chi connectivity index (χ2v) is 5.03. The van der Waals surface area contributed by atoms with Gasteiger partial charge in [0.1, 0.15) is 5.75 Å². The Morgan fingerprint density at radius 1 is 1.37 bits per heavy atom. The van der Waals surface area contributed by atoms with Gasteiger partial charge in [-0.3, -0.25) is 0 Å². The molecule has 1 aromatic rings. The first-order chi connectivity index (χ1) is 9.13. The van der Waals surface area contributed by atoms with E-state index in [1.54, 1.807) is 12.1 Å². The fourth-order valence-electron chi connectivity index (χ4n) is 2.31. The minimum Gasteiger partial charge on any atom is -0.435 e. The lowest BCUT2D eigenvalue weighted by Crippen LogP contribution is -2.32. The minimum atomic E-state index is -2.77. The van der Waals surface area contributed by atoms with Crippen molar-refractivity contribution in [2.45, 2.75) is 19.5 Å². The molecule has 1 aromatic carbocycles. The van der Waals surface area contributed by atoms with Gasteiger partial charge in [-0.25, -0.2) is 0 Å². The molecule has 1 aliphatic heterocycles. The van der Waals surface area contributed by atoms with E-state index in [2.05, 4.69) is 22.0 Å². The lowest BCUT2D eigenvalue weighted by Gasteiger charge is -2.29. The van der Waals surface area contributed by atoms with Crippen molar-refractivity contribution in [1.82, 2.24) is 4.90 Å². The van der Waals surface area contributed by atoms with Crippen molar-refractivity contribution in [3.63, 3.8) is 0 Å². The smallest absolute Gasteiger partial charge is 0.387 e. The molecule has 0 aromatic heterocycles. The Morgan fingerprint density at radius 2 is 2.11 bits per heavy atom. The second kappa shape index (κ2) is 6.70. The van der Waals surface area contributed by atoms with Crippen molar-refractivity contribution >= 4 is 5.69 Å². The Morgan fingerprint density at radius 3 is 2.79 bits per heavy atom. The molecule has 5 heteroatoms. The summed E-state index contributed by atoms with van der Waals surface area (Å²) in [6, 6.07) is 6.73. The second-order valence-electron chi connectivity index (χ2n) is 5.03. The maximum atomic E-state index is 12.1. The Bertz CT molecular complexity index is 393. The van der Waals surface area contributed by atoms with Gasteiger partial charge in [0.15, 0.2) is 0 Å². The summed E-state index contributed by atoms with van der Waals surface area (Å²) in [4.78, 5) is 2.33. The van der Waals surface area contributed by atoms with E-state index in [-0.39, 0.29) is 5.75 Å². The van der Waals surface area contributed by atoms with Crippen molar-refractivity contribution in [2.24, 2.45) is 5.92 Å². The number of likely N-dealkylation sites (tertiary alicyclic amines) is 1. The molecule has 1 saturated heterocycles. The standard InChI is InChI=1S/C14H20F2N2O/c1-18-7-5-11(6-8-18)10-17-12-3-2-4-13(9-12)19-14(15)16/h2-4,9,11,14,17H,5-8,10H2,1H3. The largest absolute Gasteiger partial charge is 0.435 e. The van der Waals surface area contributed by atoms with E-state index in [9.17, 15) is 8.78 Å². The van der Waals surface area contributed by atoms with Crippen molar-refractivity contribution in [3.8, 4) is 5.75 Å². The molecule has 1 fully saturated rings. The quantitative estimate of drug-likeness (QED) is 0.890. The third-order valence-corrected chi connectivity index (χ3v) is 3.49. The molecular formula is C14H20F2N2O. The van der Waals surface area contributed by atoms with Gasteiger partial charge in [-0.1, -0.05) is 6.07 Å². The molecule has 1 heterocycles. The summed E-state index contributed by atoms with van der Waals surface area (Å²) in [5, 5.41) is 3.30. The molecule has 1 N–H and O–H groups in total. The molecule has 0 unspecified atom stereocenters. The highest BCUT2D eigenvalue weighted by Gasteiger charge is 2.16. The number of rotatable bonds is 5. The lowest BCUT2D eigenvalue weighted by molar-refractivity contribution is -0.0498. The minimum absolute atomic E-state index is 0.198. The third-order valence-electron chi connectivity index (χ3n) is 3.49. The molecule has 0 amide bonds. The lowest BCUT2D eigenvalue weighted by atomic mass is 9.97. The Labute approximate surface area is 112 Å². The fourth-order valence-corrected chi connectivity index (χ4v) is 2.31. The van der Waals surface area contributed by atoms with E-state index in [0.717, 1.165) is 25.3 Å². The number of halogens is 2. The van der Waals surface area contributed by atoms with Crippen LogP contribution >= 0.6 is 0 Å². The Kier molecular flexibility index (Phi) is 4.96. The van der Waals surface area contributed by atoms with Crippen LogP contribution in [0.3, 0.4) is 0 Å². The molecular weight excluding hydrogens is 250 g/mol. The van der Waals surface area contributed by atoms with Crippen LogP contribution in [0, 0.1) is 5.92 Å². The number of anilines is 1. The molecule has 19 heavy (non-hydrogen) atoms. The van der Waals surface area contributed by atoms with Crippen molar-refractivity contribution in [3.05, 3.63) is 24.3 Å². The predicted molar refractivity (Wildman–Crippen MR) is 71.8 cm³/mol. The van der Waals surface area contributed by atoms with Crippen molar-refractivity contribution in [1.29, 1.82) is 0 Å². The normalized spacial score (nSPS) is 17.7. The summed E-state index contributed by atoms with van der Waals surface area (Å²) in [5.74, 6) is 0.847. The SMILES string of the molecule is CN1CCC(CNc2cccc(OC(F)F)c2)CC1. The van der Waals surface area contributed by atoms with E-state index >= 15 is 0 Å².